The summed E-state index contributed by atoms with van der Waals surface area (Å²) in [6, 6.07) is 14.0. The van der Waals surface area contributed by atoms with Gasteiger partial charge in [-0.05, 0) is 67.3 Å². The van der Waals surface area contributed by atoms with E-state index in [1.807, 2.05) is 55.4 Å². The quantitative estimate of drug-likeness (QED) is 0.737. The third-order valence-electron chi connectivity index (χ3n) is 5.42. The maximum Gasteiger partial charge on any atom is 0.227 e. The monoisotopic (exact) mass is 363 g/mol. The van der Waals surface area contributed by atoms with Gasteiger partial charge in [0.15, 0.2) is 0 Å². The van der Waals surface area contributed by atoms with Gasteiger partial charge < -0.3 is 19.9 Å². The van der Waals surface area contributed by atoms with Gasteiger partial charge in [0.05, 0.1) is 7.11 Å². The van der Waals surface area contributed by atoms with Gasteiger partial charge in [0.2, 0.25) is 5.91 Å². The molecule has 3 aromatic rings. The Bertz CT molecular complexity index is 973. The Morgan fingerprint density at radius 1 is 1.19 bits per heavy atom. The fourth-order valence-electron chi connectivity index (χ4n) is 3.83. The number of rotatable bonds is 4. The molecule has 1 aliphatic carbocycles. The SMILES string of the molecule is COc1ccc2[nH]c3c(c2c1)CC(C(=O)Nc1ccc(N(C)C)cc1)CC3. The van der Waals surface area contributed by atoms with E-state index in [0.29, 0.717) is 0 Å². The summed E-state index contributed by atoms with van der Waals surface area (Å²) < 4.78 is 5.37. The van der Waals surface area contributed by atoms with Crippen LogP contribution in [0, 0.1) is 5.92 Å². The van der Waals surface area contributed by atoms with Crippen LogP contribution >= 0.6 is 0 Å². The molecule has 2 N–H and O–H groups in total. The number of hydrogen-bond acceptors (Lipinski definition) is 3. The lowest BCUT2D eigenvalue weighted by molar-refractivity contribution is -0.120. The number of amides is 1. The van der Waals surface area contributed by atoms with E-state index in [4.69, 9.17) is 4.74 Å². The molecule has 4 rings (SSSR count). The number of benzene rings is 2. The molecular weight excluding hydrogens is 338 g/mol. The van der Waals surface area contributed by atoms with Crippen molar-refractivity contribution >= 4 is 28.2 Å². The van der Waals surface area contributed by atoms with Gasteiger partial charge in [-0.3, -0.25) is 4.79 Å². The summed E-state index contributed by atoms with van der Waals surface area (Å²) in [7, 11) is 5.69. The number of nitrogens with zero attached hydrogens (tertiary/aromatic N) is 1. The summed E-state index contributed by atoms with van der Waals surface area (Å²) in [5.41, 5.74) is 5.57. The molecule has 1 heterocycles. The van der Waals surface area contributed by atoms with Crippen molar-refractivity contribution in [3.63, 3.8) is 0 Å². The minimum absolute atomic E-state index is 0.0174. The fourth-order valence-corrected chi connectivity index (χ4v) is 3.83. The number of nitrogens with one attached hydrogen (secondary N) is 2. The molecule has 0 saturated heterocycles. The van der Waals surface area contributed by atoms with Crippen LogP contribution in [0.1, 0.15) is 17.7 Å². The Hall–Kier alpha value is -2.95. The lowest BCUT2D eigenvalue weighted by Crippen LogP contribution is -2.28. The van der Waals surface area contributed by atoms with Crippen LogP contribution in [0.2, 0.25) is 0 Å². The van der Waals surface area contributed by atoms with Gasteiger partial charge in [0.1, 0.15) is 5.75 Å². The van der Waals surface area contributed by atoms with E-state index in [-0.39, 0.29) is 11.8 Å². The molecule has 2 aromatic carbocycles. The Balaban J connectivity index is 1.52. The maximum absolute atomic E-state index is 12.8. The highest BCUT2D eigenvalue weighted by Gasteiger charge is 2.27. The van der Waals surface area contributed by atoms with E-state index in [2.05, 4.69) is 16.4 Å². The number of carbonyl (C=O) groups excluding carboxylic acids is 1. The summed E-state index contributed by atoms with van der Waals surface area (Å²) in [6.45, 7) is 0. The first-order valence-electron chi connectivity index (χ1n) is 9.31. The van der Waals surface area contributed by atoms with Crippen molar-refractivity contribution in [1.82, 2.24) is 4.98 Å². The van der Waals surface area contributed by atoms with Crippen molar-refractivity contribution in [2.45, 2.75) is 19.3 Å². The van der Waals surface area contributed by atoms with Crippen LogP contribution in [0.25, 0.3) is 10.9 Å². The Morgan fingerprint density at radius 3 is 2.67 bits per heavy atom. The minimum atomic E-state index is -0.0174. The molecule has 0 spiro atoms. The average molecular weight is 363 g/mol. The van der Waals surface area contributed by atoms with Crippen LogP contribution in [-0.4, -0.2) is 32.1 Å². The van der Waals surface area contributed by atoms with Crippen molar-refractivity contribution in [3.05, 3.63) is 53.7 Å². The van der Waals surface area contributed by atoms with E-state index in [0.717, 1.165) is 47.3 Å². The molecule has 1 aliphatic rings. The number of H-pyrrole nitrogens is 1. The van der Waals surface area contributed by atoms with Crippen LogP contribution in [0.3, 0.4) is 0 Å². The molecule has 1 unspecified atom stereocenters. The summed E-state index contributed by atoms with van der Waals surface area (Å²) >= 11 is 0. The first-order valence-corrected chi connectivity index (χ1v) is 9.31. The van der Waals surface area contributed by atoms with E-state index in [9.17, 15) is 4.79 Å². The average Bonchev–Trinajstić information content (AvgIpc) is 3.05. The Kier molecular flexibility index (Phi) is 4.52. The zero-order chi connectivity index (χ0) is 19.0. The number of ether oxygens (including phenoxy) is 1. The zero-order valence-corrected chi connectivity index (χ0v) is 16.0. The second-order valence-electron chi connectivity index (χ2n) is 7.36. The van der Waals surface area contributed by atoms with Crippen molar-refractivity contribution < 1.29 is 9.53 Å². The Labute approximate surface area is 159 Å². The smallest absolute Gasteiger partial charge is 0.227 e. The molecule has 0 aliphatic heterocycles. The highest BCUT2D eigenvalue weighted by molar-refractivity contribution is 5.94. The first kappa shape index (κ1) is 17.5. The number of anilines is 2. The number of aryl methyl sites for hydroxylation is 1. The van der Waals surface area contributed by atoms with Crippen molar-refractivity contribution in [2.24, 2.45) is 5.92 Å². The second kappa shape index (κ2) is 6.99. The minimum Gasteiger partial charge on any atom is -0.497 e. The predicted molar refractivity (Wildman–Crippen MR) is 110 cm³/mol. The van der Waals surface area contributed by atoms with E-state index in [1.165, 1.54) is 11.3 Å². The highest BCUT2D eigenvalue weighted by atomic mass is 16.5. The van der Waals surface area contributed by atoms with Gasteiger partial charge in [-0.2, -0.15) is 0 Å². The lowest BCUT2D eigenvalue weighted by Gasteiger charge is -2.22. The molecular formula is C22H25N3O2. The van der Waals surface area contributed by atoms with Crippen molar-refractivity contribution in [3.8, 4) is 5.75 Å². The molecule has 1 amide bonds. The molecule has 1 aromatic heterocycles. The van der Waals surface area contributed by atoms with Crippen LogP contribution in [0.4, 0.5) is 11.4 Å². The number of aromatic nitrogens is 1. The summed E-state index contributed by atoms with van der Waals surface area (Å²) in [5, 5.41) is 4.24. The largest absolute Gasteiger partial charge is 0.497 e. The van der Waals surface area contributed by atoms with Gasteiger partial charge in [-0.25, -0.2) is 0 Å². The van der Waals surface area contributed by atoms with Crippen LogP contribution in [-0.2, 0) is 17.6 Å². The fraction of sp³-hybridized carbons (Fsp3) is 0.318. The number of fused-ring (bicyclic) bond motifs is 3. The van der Waals surface area contributed by atoms with Gasteiger partial charge in [-0.1, -0.05) is 0 Å². The van der Waals surface area contributed by atoms with Crippen molar-refractivity contribution in [2.75, 3.05) is 31.4 Å². The predicted octanol–water partition coefficient (Wildman–Crippen LogP) is 3.99. The molecule has 0 fully saturated rings. The van der Waals surface area contributed by atoms with Gasteiger partial charge >= 0.3 is 0 Å². The van der Waals surface area contributed by atoms with E-state index >= 15 is 0 Å². The van der Waals surface area contributed by atoms with Gasteiger partial charge in [0, 0.05) is 48.0 Å². The molecule has 5 nitrogen and oxygen atoms in total. The number of methoxy groups -OCH3 is 1. The molecule has 5 heteroatoms. The first-order chi connectivity index (χ1) is 13.0. The highest BCUT2D eigenvalue weighted by Crippen LogP contribution is 2.34. The number of carbonyl (C=O) groups is 1. The number of hydrogen-bond donors (Lipinski definition) is 2. The second-order valence-corrected chi connectivity index (χ2v) is 7.36. The van der Waals surface area contributed by atoms with Gasteiger partial charge in [0.25, 0.3) is 0 Å². The third-order valence-corrected chi connectivity index (χ3v) is 5.42. The summed E-state index contributed by atoms with van der Waals surface area (Å²) in [5.74, 6) is 0.920. The molecule has 140 valence electrons. The normalized spacial score (nSPS) is 16.0. The maximum atomic E-state index is 12.8. The topological polar surface area (TPSA) is 57.4 Å². The Morgan fingerprint density at radius 2 is 1.96 bits per heavy atom. The molecule has 1 atom stereocenters. The van der Waals surface area contributed by atoms with E-state index in [1.54, 1.807) is 7.11 Å². The lowest BCUT2D eigenvalue weighted by atomic mass is 9.85. The number of aromatic amines is 1. The van der Waals surface area contributed by atoms with Gasteiger partial charge in [-0.15, -0.1) is 0 Å². The molecule has 0 radical (unpaired) electrons. The van der Waals surface area contributed by atoms with E-state index < -0.39 is 0 Å². The zero-order valence-electron chi connectivity index (χ0n) is 16.0. The van der Waals surface area contributed by atoms with Crippen LogP contribution in [0.15, 0.2) is 42.5 Å². The molecule has 0 bridgehead atoms. The summed E-state index contributed by atoms with van der Waals surface area (Å²) in [6.07, 6.45) is 2.51. The van der Waals surface area contributed by atoms with Crippen LogP contribution in [0.5, 0.6) is 5.75 Å². The van der Waals surface area contributed by atoms with Crippen LogP contribution < -0.4 is 15.0 Å². The summed E-state index contributed by atoms with van der Waals surface area (Å²) in [4.78, 5) is 18.4. The van der Waals surface area contributed by atoms with Crippen molar-refractivity contribution in [1.29, 1.82) is 0 Å². The standard InChI is InChI=1S/C22H25N3O2/c1-25(2)16-7-5-15(6-8-16)23-22(26)14-4-10-20-18(12-14)19-13-17(27-3)9-11-21(19)24-20/h5-9,11,13-14,24H,4,10,12H2,1-3H3,(H,23,26). The molecule has 0 saturated carbocycles. The third kappa shape index (κ3) is 3.37. The molecule has 27 heavy (non-hydrogen) atoms.